The van der Waals surface area contributed by atoms with Gasteiger partial charge in [0.25, 0.3) is 0 Å². The second-order valence-corrected chi connectivity index (χ2v) is 5.59. The number of nitriles is 1. The van der Waals surface area contributed by atoms with Crippen LogP contribution in [0.1, 0.15) is 21.5 Å². The molecule has 3 rings (SSSR count). The van der Waals surface area contributed by atoms with Crippen LogP contribution in [-0.4, -0.2) is 10.5 Å². The maximum Gasteiger partial charge on any atom is 0.416 e. The molecule has 0 saturated carbocycles. The Labute approximate surface area is 146 Å². The minimum absolute atomic E-state index is 0.323. The van der Waals surface area contributed by atoms with Gasteiger partial charge in [0.15, 0.2) is 0 Å². The summed E-state index contributed by atoms with van der Waals surface area (Å²) in [7, 11) is 0. The SMILES string of the molecule is N#Cc1cn(-c2ccc(C(N)=O)cc2)cc1-c1ccc(C(F)(F)F)cc1. The van der Waals surface area contributed by atoms with Gasteiger partial charge in [-0.1, -0.05) is 12.1 Å². The van der Waals surface area contributed by atoms with E-state index >= 15 is 0 Å². The lowest BCUT2D eigenvalue weighted by Crippen LogP contribution is -2.10. The van der Waals surface area contributed by atoms with Gasteiger partial charge in [-0.05, 0) is 42.0 Å². The van der Waals surface area contributed by atoms with E-state index in [4.69, 9.17) is 5.73 Å². The smallest absolute Gasteiger partial charge is 0.366 e. The molecular weight excluding hydrogens is 343 g/mol. The van der Waals surface area contributed by atoms with Gasteiger partial charge in [-0.3, -0.25) is 4.79 Å². The van der Waals surface area contributed by atoms with E-state index in [1.54, 1.807) is 41.2 Å². The highest BCUT2D eigenvalue weighted by molar-refractivity contribution is 5.92. The van der Waals surface area contributed by atoms with Gasteiger partial charge in [0.05, 0.1) is 11.1 Å². The molecule has 0 aliphatic rings. The summed E-state index contributed by atoms with van der Waals surface area (Å²) in [6, 6.07) is 13.1. The zero-order valence-electron chi connectivity index (χ0n) is 13.3. The molecule has 7 heteroatoms. The minimum Gasteiger partial charge on any atom is -0.366 e. The van der Waals surface area contributed by atoms with Crippen molar-refractivity contribution in [2.45, 2.75) is 6.18 Å². The number of nitrogens with zero attached hydrogens (tertiary/aromatic N) is 2. The minimum atomic E-state index is -4.41. The maximum atomic E-state index is 12.7. The first kappa shape index (κ1) is 17.3. The number of primary amides is 1. The van der Waals surface area contributed by atoms with Crippen LogP contribution in [0.2, 0.25) is 0 Å². The molecule has 0 saturated heterocycles. The van der Waals surface area contributed by atoms with Crippen LogP contribution >= 0.6 is 0 Å². The van der Waals surface area contributed by atoms with Crippen LogP contribution in [0.3, 0.4) is 0 Å². The summed E-state index contributed by atoms with van der Waals surface area (Å²) < 4.78 is 39.7. The Morgan fingerprint density at radius 2 is 1.62 bits per heavy atom. The number of carbonyl (C=O) groups excluding carboxylic acids is 1. The van der Waals surface area contributed by atoms with Crippen molar-refractivity contribution in [1.29, 1.82) is 5.26 Å². The fourth-order valence-electron chi connectivity index (χ4n) is 2.56. The summed E-state index contributed by atoms with van der Waals surface area (Å²) in [5.41, 5.74) is 6.83. The monoisotopic (exact) mass is 355 g/mol. The van der Waals surface area contributed by atoms with E-state index in [1.165, 1.54) is 12.1 Å². The second kappa shape index (κ2) is 6.41. The molecule has 1 heterocycles. The van der Waals surface area contributed by atoms with Gasteiger partial charge in [0, 0.05) is 29.2 Å². The Kier molecular flexibility index (Phi) is 4.26. The predicted octanol–water partition coefficient (Wildman–Crippen LogP) is 4.13. The molecule has 0 aliphatic carbocycles. The van der Waals surface area contributed by atoms with Crippen LogP contribution in [0.4, 0.5) is 13.2 Å². The first-order valence-electron chi connectivity index (χ1n) is 7.49. The van der Waals surface area contributed by atoms with E-state index in [9.17, 15) is 23.2 Å². The number of aromatic nitrogens is 1. The lowest BCUT2D eigenvalue weighted by atomic mass is 10.0. The third-order valence-electron chi connectivity index (χ3n) is 3.92. The number of rotatable bonds is 3. The first-order valence-corrected chi connectivity index (χ1v) is 7.49. The van der Waals surface area contributed by atoms with Crippen molar-refractivity contribution in [3.8, 4) is 22.9 Å². The normalized spacial score (nSPS) is 11.2. The second-order valence-electron chi connectivity index (χ2n) is 5.59. The molecule has 4 nitrogen and oxygen atoms in total. The fraction of sp³-hybridized carbons (Fsp3) is 0.0526. The quantitative estimate of drug-likeness (QED) is 0.767. The number of nitrogens with two attached hydrogens (primary N) is 1. The van der Waals surface area contributed by atoms with Crippen molar-refractivity contribution in [1.82, 2.24) is 4.57 Å². The average Bonchev–Trinajstić information content (AvgIpc) is 3.05. The van der Waals surface area contributed by atoms with E-state index in [0.29, 0.717) is 27.9 Å². The van der Waals surface area contributed by atoms with Crippen molar-refractivity contribution in [3.63, 3.8) is 0 Å². The summed E-state index contributed by atoms with van der Waals surface area (Å²) in [4.78, 5) is 11.1. The number of amides is 1. The van der Waals surface area contributed by atoms with Crippen LogP contribution in [0.5, 0.6) is 0 Å². The first-order chi connectivity index (χ1) is 12.3. The number of hydrogen-bond acceptors (Lipinski definition) is 2. The van der Waals surface area contributed by atoms with Gasteiger partial charge in [-0.15, -0.1) is 0 Å². The molecule has 0 unspecified atom stereocenters. The summed E-state index contributed by atoms with van der Waals surface area (Å²) >= 11 is 0. The maximum absolute atomic E-state index is 12.7. The molecule has 1 aromatic heterocycles. The van der Waals surface area contributed by atoms with E-state index < -0.39 is 17.6 Å². The molecule has 2 aromatic carbocycles. The molecule has 0 aliphatic heterocycles. The summed E-state index contributed by atoms with van der Waals surface area (Å²) in [5, 5.41) is 9.34. The van der Waals surface area contributed by atoms with Crippen molar-refractivity contribution in [2.75, 3.05) is 0 Å². The molecule has 1 amide bonds. The van der Waals surface area contributed by atoms with Crippen LogP contribution < -0.4 is 5.73 Å². The van der Waals surface area contributed by atoms with Crippen molar-refractivity contribution in [3.05, 3.63) is 77.6 Å². The van der Waals surface area contributed by atoms with Gasteiger partial charge in [0.1, 0.15) is 6.07 Å². The molecule has 26 heavy (non-hydrogen) atoms. The Bertz CT molecular complexity index is 994. The standard InChI is InChI=1S/C19H12F3N3O/c20-19(21,22)15-5-1-12(2-6-15)17-11-25(10-14(17)9-23)16-7-3-13(4-8-16)18(24)26/h1-8,10-11H,(H2,24,26). The van der Waals surface area contributed by atoms with E-state index in [1.807, 2.05) is 6.07 Å². The van der Waals surface area contributed by atoms with Gasteiger partial charge < -0.3 is 10.3 Å². The number of benzene rings is 2. The molecule has 0 spiro atoms. The molecule has 2 N–H and O–H groups in total. The van der Waals surface area contributed by atoms with Crippen LogP contribution in [0, 0.1) is 11.3 Å². The molecule has 3 aromatic rings. The average molecular weight is 355 g/mol. The van der Waals surface area contributed by atoms with E-state index in [0.717, 1.165) is 12.1 Å². The Morgan fingerprint density at radius 1 is 1.00 bits per heavy atom. The van der Waals surface area contributed by atoms with Crippen molar-refractivity contribution in [2.24, 2.45) is 5.73 Å². The van der Waals surface area contributed by atoms with Crippen LogP contribution in [0.25, 0.3) is 16.8 Å². The predicted molar refractivity (Wildman–Crippen MR) is 89.4 cm³/mol. The largest absolute Gasteiger partial charge is 0.416 e. The molecule has 0 radical (unpaired) electrons. The topological polar surface area (TPSA) is 71.8 Å². The zero-order valence-corrected chi connectivity index (χ0v) is 13.3. The van der Waals surface area contributed by atoms with Gasteiger partial charge >= 0.3 is 6.18 Å². The lowest BCUT2D eigenvalue weighted by Gasteiger charge is -2.07. The van der Waals surface area contributed by atoms with Gasteiger partial charge in [-0.2, -0.15) is 18.4 Å². The van der Waals surface area contributed by atoms with Crippen molar-refractivity contribution < 1.29 is 18.0 Å². The number of halogens is 3. The van der Waals surface area contributed by atoms with Crippen LogP contribution in [-0.2, 0) is 6.18 Å². The molecule has 0 atom stereocenters. The summed E-state index contributed by atoms with van der Waals surface area (Å²) in [5.74, 6) is -0.549. The molecule has 0 bridgehead atoms. The third-order valence-corrected chi connectivity index (χ3v) is 3.92. The molecule has 130 valence electrons. The Balaban J connectivity index is 1.99. The third kappa shape index (κ3) is 3.30. The highest BCUT2D eigenvalue weighted by atomic mass is 19.4. The summed E-state index contributed by atoms with van der Waals surface area (Å²) in [6.45, 7) is 0. The van der Waals surface area contributed by atoms with Crippen molar-refractivity contribution >= 4 is 5.91 Å². The van der Waals surface area contributed by atoms with E-state index in [-0.39, 0.29) is 0 Å². The molecular formula is C19H12F3N3O. The molecule has 0 fully saturated rings. The Hall–Kier alpha value is -3.53. The van der Waals surface area contributed by atoms with Gasteiger partial charge in [-0.25, -0.2) is 0 Å². The summed E-state index contributed by atoms with van der Waals surface area (Å²) in [6.07, 6.45) is -1.18. The number of alkyl halides is 3. The highest BCUT2D eigenvalue weighted by Crippen LogP contribution is 2.32. The Morgan fingerprint density at radius 3 is 2.12 bits per heavy atom. The fourth-order valence-corrected chi connectivity index (χ4v) is 2.56. The lowest BCUT2D eigenvalue weighted by molar-refractivity contribution is -0.137. The number of carbonyl (C=O) groups is 1. The highest BCUT2D eigenvalue weighted by Gasteiger charge is 2.30. The van der Waals surface area contributed by atoms with Crippen LogP contribution in [0.15, 0.2) is 60.9 Å². The van der Waals surface area contributed by atoms with E-state index in [2.05, 4.69) is 0 Å². The zero-order chi connectivity index (χ0) is 18.9. The number of hydrogen-bond donors (Lipinski definition) is 1. The van der Waals surface area contributed by atoms with Gasteiger partial charge in [0.2, 0.25) is 5.91 Å².